The van der Waals surface area contributed by atoms with E-state index in [-0.39, 0.29) is 11.9 Å². The molecule has 1 saturated heterocycles. The Labute approximate surface area is 143 Å². The lowest BCUT2D eigenvalue weighted by Gasteiger charge is -2.34. The number of benzene rings is 1. The molecule has 0 aliphatic carbocycles. The Morgan fingerprint density at radius 3 is 2.46 bits per heavy atom. The molecule has 5 heteroatoms. The van der Waals surface area contributed by atoms with Crippen LogP contribution in [0.4, 0.5) is 5.69 Å². The number of hydrogen-bond donors (Lipinski definition) is 1. The van der Waals surface area contributed by atoms with Crippen molar-refractivity contribution in [3.63, 3.8) is 0 Å². The van der Waals surface area contributed by atoms with E-state index in [1.165, 1.54) is 5.69 Å². The number of hydrogen-bond acceptors (Lipinski definition) is 4. The Balaban J connectivity index is 1.61. The summed E-state index contributed by atoms with van der Waals surface area (Å²) >= 11 is 0. The molecule has 2 aromatic rings. The van der Waals surface area contributed by atoms with Crippen LogP contribution < -0.4 is 10.2 Å². The topological polar surface area (TPSA) is 48.5 Å². The fraction of sp³-hybridized carbons (Fsp3) is 0.368. The van der Waals surface area contributed by atoms with E-state index in [1.807, 2.05) is 6.92 Å². The molecule has 0 radical (unpaired) electrons. The van der Waals surface area contributed by atoms with Crippen molar-refractivity contribution < 1.29 is 4.79 Å². The maximum Gasteiger partial charge on any atom is 0.253 e. The fourth-order valence-electron chi connectivity index (χ4n) is 2.90. The highest BCUT2D eigenvalue weighted by Crippen LogP contribution is 2.20. The lowest BCUT2D eigenvalue weighted by atomic mass is 10.1. The van der Waals surface area contributed by atoms with Crippen molar-refractivity contribution in [3.8, 4) is 0 Å². The molecule has 1 fully saturated rings. The first-order valence-electron chi connectivity index (χ1n) is 8.38. The number of piperazine rings is 1. The molecule has 1 amide bonds. The van der Waals surface area contributed by atoms with E-state index in [4.69, 9.17) is 0 Å². The van der Waals surface area contributed by atoms with Crippen molar-refractivity contribution in [2.45, 2.75) is 13.0 Å². The zero-order chi connectivity index (χ0) is 16.9. The zero-order valence-electron chi connectivity index (χ0n) is 14.3. The summed E-state index contributed by atoms with van der Waals surface area (Å²) < 4.78 is 0. The summed E-state index contributed by atoms with van der Waals surface area (Å²) in [7, 11) is 2.16. The van der Waals surface area contributed by atoms with Gasteiger partial charge < -0.3 is 15.1 Å². The molecule has 1 aliphatic rings. The lowest BCUT2D eigenvalue weighted by Crippen LogP contribution is -2.44. The standard InChI is InChI=1S/C19H24N4O/c1-15(21-19(24)17-4-3-9-20-14-17)16-5-7-18(8-6-16)23-12-10-22(2)11-13-23/h3-9,14-15H,10-13H2,1-2H3,(H,21,24)/t15-/m0/s1. The normalized spacial score (nSPS) is 16.7. The molecule has 5 nitrogen and oxygen atoms in total. The van der Waals surface area contributed by atoms with Crippen LogP contribution in [0, 0.1) is 0 Å². The van der Waals surface area contributed by atoms with Gasteiger partial charge in [-0.3, -0.25) is 9.78 Å². The highest BCUT2D eigenvalue weighted by molar-refractivity contribution is 5.94. The van der Waals surface area contributed by atoms with Crippen LogP contribution in [0.1, 0.15) is 28.9 Å². The lowest BCUT2D eigenvalue weighted by molar-refractivity contribution is 0.0939. The number of nitrogens with one attached hydrogen (secondary N) is 1. The number of likely N-dealkylation sites (N-methyl/N-ethyl adjacent to an activating group) is 1. The number of aromatic nitrogens is 1. The average Bonchev–Trinajstić information content (AvgIpc) is 2.63. The van der Waals surface area contributed by atoms with Gasteiger partial charge in [-0.05, 0) is 43.8 Å². The number of pyridine rings is 1. The molecule has 0 unspecified atom stereocenters. The molecular weight excluding hydrogens is 300 g/mol. The minimum Gasteiger partial charge on any atom is -0.369 e. The first-order chi connectivity index (χ1) is 11.6. The predicted octanol–water partition coefficient (Wildman–Crippen LogP) is 2.32. The van der Waals surface area contributed by atoms with Gasteiger partial charge in [0.2, 0.25) is 0 Å². The number of anilines is 1. The zero-order valence-corrected chi connectivity index (χ0v) is 14.3. The number of rotatable bonds is 4. The number of nitrogens with zero attached hydrogens (tertiary/aromatic N) is 3. The molecule has 1 aromatic carbocycles. The van der Waals surface area contributed by atoms with E-state index < -0.39 is 0 Å². The van der Waals surface area contributed by atoms with Gasteiger partial charge in [0.1, 0.15) is 0 Å². The molecule has 0 saturated carbocycles. The smallest absolute Gasteiger partial charge is 0.253 e. The van der Waals surface area contributed by atoms with Crippen molar-refractivity contribution in [1.29, 1.82) is 0 Å². The van der Waals surface area contributed by atoms with Crippen LogP contribution in [0.3, 0.4) is 0 Å². The Bertz CT molecular complexity index is 664. The van der Waals surface area contributed by atoms with Crippen molar-refractivity contribution >= 4 is 11.6 Å². The molecule has 126 valence electrons. The second-order valence-electron chi connectivity index (χ2n) is 6.32. The van der Waals surface area contributed by atoms with Gasteiger partial charge in [-0.15, -0.1) is 0 Å². The van der Waals surface area contributed by atoms with Gasteiger partial charge >= 0.3 is 0 Å². The van der Waals surface area contributed by atoms with Gasteiger partial charge in [-0.25, -0.2) is 0 Å². The van der Waals surface area contributed by atoms with E-state index in [1.54, 1.807) is 24.5 Å². The highest BCUT2D eigenvalue weighted by Gasteiger charge is 2.15. The molecule has 1 N–H and O–H groups in total. The highest BCUT2D eigenvalue weighted by atomic mass is 16.1. The summed E-state index contributed by atoms with van der Waals surface area (Å²) in [5, 5.41) is 3.02. The third-order valence-corrected chi connectivity index (χ3v) is 4.53. The van der Waals surface area contributed by atoms with Crippen LogP contribution in [0.2, 0.25) is 0 Å². The second kappa shape index (κ2) is 7.45. The van der Waals surface area contributed by atoms with Gasteiger partial charge in [0, 0.05) is 44.3 Å². The second-order valence-corrected chi connectivity index (χ2v) is 6.32. The minimum atomic E-state index is -0.0984. The van der Waals surface area contributed by atoms with Gasteiger partial charge in [0.15, 0.2) is 0 Å². The SMILES string of the molecule is C[C@H](NC(=O)c1cccnc1)c1ccc(N2CCN(C)CC2)cc1. The van der Waals surface area contributed by atoms with Crippen molar-refractivity contribution in [3.05, 3.63) is 59.9 Å². The maximum atomic E-state index is 12.2. The van der Waals surface area contributed by atoms with Gasteiger partial charge in [0.25, 0.3) is 5.91 Å². The molecule has 1 aromatic heterocycles. The Hall–Kier alpha value is -2.40. The van der Waals surface area contributed by atoms with Crippen molar-refractivity contribution in [1.82, 2.24) is 15.2 Å². The largest absolute Gasteiger partial charge is 0.369 e. The van der Waals surface area contributed by atoms with Gasteiger partial charge in [-0.2, -0.15) is 0 Å². The van der Waals surface area contributed by atoms with Crippen LogP contribution in [-0.2, 0) is 0 Å². The Kier molecular flexibility index (Phi) is 5.11. The summed E-state index contributed by atoms with van der Waals surface area (Å²) in [6.07, 6.45) is 3.25. The van der Waals surface area contributed by atoms with E-state index >= 15 is 0 Å². The Morgan fingerprint density at radius 2 is 1.83 bits per heavy atom. The summed E-state index contributed by atoms with van der Waals surface area (Å²) in [5.74, 6) is -0.0984. The molecule has 24 heavy (non-hydrogen) atoms. The molecule has 0 bridgehead atoms. The van der Waals surface area contributed by atoms with Crippen molar-refractivity contribution in [2.24, 2.45) is 0 Å². The summed E-state index contributed by atoms with van der Waals surface area (Å²) in [6.45, 7) is 6.31. The van der Waals surface area contributed by atoms with Gasteiger partial charge in [-0.1, -0.05) is 12.1 Å². The molecular formula is C19H24N4O. The monoisotopic (exact) mass is 324 g/mol. The van der Waals surface area contributed by atoms with Crippen LogP contribution in [0.5, 0.6) is 0 Å². The quantitative estimate of drug-likeness (QED) is 0.938. The molecule has 1 aliphatic heterocycles. The predicted molar refractivity (Wildman–Crippen MR) is 96.3 cm³/mol. The first-order valence-corrected chi connectivity index (χ1v) is 8.38. The third kappa shape index (κ3) is 3.92. The number of carbonyl (C=O) groups excluding carboxylic acids is 1. The Morgan fingerprint density at radius 1 is 1.12 bits per heavy atom. The van der Waals surface area contributed by atoms with Gasteiger partial charge in [0.05, 0.1) is 11.6 Å². The molecule has 1 atom stereocenters. The van der Waals surface area contributed by atoms with Crippen LogP contribution in [0.15, 0.2) is 48.8 Å². The van der Waals surface area contributed by atoms with Crippen LogP contribution in [0.25, 0.3) is 0 Å². The van der Waals surface area contributed by atoms with Crippen LogP contribution in [-0.4, -0.2) is 49.0 Å². The van der Waals surface area contributed by atoms with E-state index in [9.17, 15) is 4.79 Å². The minimum absolute atomic E-state index is 0.0424. The fourth-order valence-corrected chi connectivity index (χ4v) is 2.90. The summed E-state index contributed by atoms with van der Waals surface area (Å²) in [5.41, 5.74) is 2.93. The van der Waals surface area contributed by atoms with Crippen molar-refractivity contribution in [2.75, 3.05) is 38.1 Å². The first kappa shape index (κ1) is 16.5. The summed E-state index contributed by atoms with van der Waals surface area (Å²) in [4.78, 5) is 20.9. The maximum absolute atomic E-state index is 12.2. The van der Waals surface area contributed by atoms with E-state index in [0.717, 1.165) is 31.7 Å². The summed E-state index contributed by atoms with van der Waals surface area (Å²) in [6, 6.07) is 12.0. The van der Waals surface area contributed by atoms with Crippen LogP contribution >= 0.6 is 0 Å². The molecule has 0 spiro atoms. The molecule has 2 heterocycles. The third-order valence-electron chi connectivity index (χ3n) is 4.53. The van der Waals surface area contributed by atoms with E-state index in [0.29, 0.717) is 5.56 Å². The van der Waals surface area contributed by atoms with E-state index in [2.05, 4.69) is 51.4 Å². The average molecular weight is 324 g/mol. The number of carbonyl (C=O) groups is 1. The molecule has 3 rings (SSSR count). The number of amides is 1.